The molecule has 3 rings (SSSR count). The van der Waals surface area contributed by atoms with Gasteiger partial charge in [-0.1, -0.05) is 12.1 Å². The van der Waals surface area contributed by atoms with Crippen molar-refractivity contribution in [3.8, 4) is 5.75 Å². The van der Waals surface area contributed by atoms with Crippen LogP contribution in [0.25, 0.3) is 6.08 Å². The molecule has 1 aliphatic heterocycles. The summed E-state index contributed by atoms with van der Waals surface area (Å²) in [6.07, 6.45) is 8.39. The summed E-state index contributed by atoms with van der Waals surface area (Å²) in [5.41, 5.74) is 1.50. The van der Waals surface area contributed by atoms with Gasteiger partial charge in [0, 0.05) is 38.1 Å². The number of likely N-dealkylation sites (tertiary alicyclic amines) is 1. The predicted molar refractivity (Wildman–Crippen MR) is 108 cm³/mol. The van der Waals surface area contributed by atoms with Gasteiger partial charge in [0.25, 0.3) is 5.91 Å². The molecule has 2 heterocycles. The number of rotatable bonds is 6. The molecule has 2 aromatic rings. The largest absolute Gasteiger partial charge is 0.497 e. The first-order valence-electron chi connectivity index (χ1n) is 9.45. The van der Waals surface area contributed by atoms with Gasteiger partial charge in [0.1, 0.15) is 5.75 Å². The maximum Gasteiger partial charge on any atom is 0.252 e. The Morgan fingerprint density at radius 2 is 2.07 bits per heavy atom. The number of nitrogens with zero attached hydrogens (tertiary/aromatic N) is 2. The van der Waals surface area contributed by atoms with Gasteiger partial charge in [-0.25, -0.2) is 0 Å². The van der Waals surface area contributed by atoms with Crippen molar-refractivity contribution < 1.29 is 14.3 Å². The Kier molecular flexibility index (Phi) is 6.78. The lowest BCUT2D eigenvalue weighted by molar-refractivity contribution is -0.127. The number of carbonyl (C=O) groups is 2. The summed E-state index contributed by atoms with van der Waals surface area (Å²) in [4.78, 5) is 30.3. The molecule has 1 aromatic heterocycles. The van der Waals surface area contributed by atoms with Crippen molar-refractivity contribution in [2.24, 2.45) is 5.92 Å². The number of piperidine rings is 1. The van der Waals surface area contributed by atoms with Crippen LogP contribution in [-0.4, -0.2) is 48.4 Å². The third-order valence-corrected chi connectivity index (χ3v) is 4.91. The predicted octanol–water partition coefficient (Wildman–Crippen LogP) is 2.77. The second kappa shape index (κ2) is 9.69. The number of hydrogen-bond acceptors (Lipinski definition) is 4. The Morgan fingerprint density at radius 1 is 1.25 bits per heavy atom. The van der Waals surface area contributed by atoms with E-state index in [4.69, 9.17) is 4.74 Å². The lowest BCUT2D eigenvalue weighted by Gasteiger charge is -2.31. The van der Waals surface area contributed by atoms with Gasteiger partial charge < -0.3 is 15.0 Å². The highest BCUT2D eigenvalue weighted by atomic mass is 16.5. The van der Waals surface area contributed by atoms with Crippen molar-refractivity contribution in [3.63, 3.8) is 0 Å². The molecule has 1 aliphatic rings. The van der Waals surface area contributed by atoms with Crippen LogP contribution >= 0.6 is 0 Å². The van der Waals surface area contributed by atoms with E-state index in [-0.39, 0.29) is 11.8 Å². The summed E-state index contributed by atoms with van der Waals surface area (Å²) in [6.45, 7) is 2.03. The molecule has 1 saturated heterocycles. The molecule has 1 fully saturated rings. The Morgan fingerprint density at radius 3 is 2.79 bits per heavy atom. The summed E-state index contributed by atoms with van der Waals surface area (Å²) >= 11 is 0. The maximum atomic E-state index is 12.4. The Hall–Kier alpha value is -3.15. The lowest BCUT2D eigenvalue weighted by atomic mass is 9.96. The van der Waals surface area contributed by atoms with Crippen molar-refractivity contribution in [1.82, 2.24) is 15.2 Å². The van der Waals surface area contributed by atoms with Crippen molar-refractivity contribution in [3.05, 3.63) is 66.0 Å². The van der Waals surface area contributed by atoms with Gasteiger partial charge in [-0.15, -0.1) is 0 Å². The molecule has 2 amide bonds. The minimum atomic E-state index is -0.104. The van der Waals surface area contributed by atoms with E-state index in [2.05, 4.69) is 10.3 Å². The topological polar surface area (TPSA) is 71.5 Å². The van der Waals surface area contributed by atoms with E-state index in [0.717, 1.165) is 24.2 Å². The van der Waals surface area contributed by atoms with Crippen LogP contribution in [0.1, 0.15) is 28.8 Å². The zero-order valence-electron chi connectivity index (χ0n) is 16.0. The highest BCUT2D eigenvalue weighted by Gasteiger charge is 2.22. The average molecular weight is 379 g/mol. The summed E-state index contributed by atoms with van der Waals surface area (Å²) in [5.74, 6) is 1.06. The normalized spacial score (nSPS) is 14.8. The molecule has 0 atom stereocenters. The van der Waals surface area contributed by atoms with Gasteiger partial charge >= 0.3 is 0 Å². The van der Waals surface area contributed by atoms with E-state index in [1.165, 1.54) is 0 Å². The summed E-state index contributed by atoms with van der Waals surface area (Å²) in [5, 5.41) is 2.96. The molecule has 6 nitrogen and oxygen atoms in total. The van der Waals surface area contributed by atoms with Gasteiger partial charge in [0.15, 0.2) is 0 Å². The molecule has 28 heavy (non-hydrogen) atoms. The second-order valence-electron chi connectivity index (χ2n) is 6.83. The van der Waals surface area contributed by atoms with E-state index in [9.17, 15) is 9.59 Å². The van der Waals surface area contributed by atoms with Crippen LogP contribution in [-0.2, 0) is 4.79 Å². The minimum Gasteiger partial charge on any atom is -0.497 e. The maximum absolute atomic E-state index is 12.4. The molecule has 0 spiro atoms. The van der Waals surface area contributed by atoms with Crippen molar-refractivity contribution in [2.75, 3.05) is 26.7 Å². The molecular weight excluding hydrogens is 354 g/mol. The quantitative estimate of drug-likeness (QED) is 0.784. The monoisotopic (exact) mass is 379 g/mol. The zero-order valence-corrected chi connectivity index (χ0v) is 16.0. The highest BCUT2D eigenvalue weighted by molar-refractivity contribution is 5.93. The Labute approximate surface area is 165 Å². The summed E-state index contributed by atoms with van der Waals surface area (Å²) in [7, 11) is 1.62. The van der Waals surface area contributed by atoms with Gasteiger partial charge in [-0.05, 0) is 54.7 Å². The zero-order chi connectivity index (χ0) is 19.8. The number of nitrogens with one attached hydrogen (secondary N) is 1. The Bertz CT molecular complexity index is 828. The fourth-order valence-corrected chi connectivity index (χ4v) is 3.21. The highest BCUT2D eigenvalue weighted by Crippen LogP contribution is 2.18. The standard InChI is InChI=1S/C22H25N3O3/c1-28-20-6-2-4-17(14-20)7-8-21(26)25-12-9-18(10-13-25)15-24-22(27)19-5-3-11-23-16-19/h2-8,11,14,16,18H,9-10,12-13,15H2,1H3,(H,24,27)/b8-7+. The van der Waals surface area contributed by atoms with E-state index >= 15 is 0 Å². The molecule has 1 N–H and O–H groups in total. The number of amides is 2. The van der Waals surface area contributed by atoms with E-state index < -0.39 is 0 Å². The van der Waals surface area contributed by atoms with E-state index in [0.29, 0.717) is 31.1 Å². The second-order valence-corrected chi connectivity index (χ2v) is 6.83. The van der Waals surface area contributed by atoms with Crippen LogP contribution in [0.5, 0.6) is 5.75 Å². The summed E-state index contributed by atoms with van der Waals surface area (Å²) in [6, 6.07) is 11.1. The van der Waals surface area contributed by atoms with E-state index in [1.54, 1.807) is 37.7 Å². The third-order valence-electron chi connectivity index (χ3n) is 4.91. The first-order chi connectivity index (χ1) is 13.7. The molecular formula is C22H25N3O3. The molecule has 146 valence electrons. The van der Waals surface area contributed by atoms with Gasteiger partial charge in [-0.2, -0.15) is 0 Å². The molecule has 1 aromatic carbocycles. The van der Waals surface area contributed by atoms with Crippen LogP contribution < -0.4 is 10.1 Å². The Balaban J connectivity index is 1.43. The van der Waals surface area contributed by atoms with Gasteiger partial charge in [0.2, 0.25) is 5.91 Å². The molecule has 0 radical (unpaired) electrons. The minimum absolute atomic E-state index is 0.0145. The first kappa shape index (κ1) is 19.6. The SMILES string of the molecule is COc1cccc(/C=C/C(=O)N2CCC(CNC(=O)c3cccnc3)CC2)c1. The van der Waals surface area contributed by atoms with Crippen molar-refractivity contribution >= 4 is 17.9 Å². The van der Waals surface area contributed by atoms with Gasteiger partial charge in [0.05, 0.1) is 12.7 Å². The molecule has 0 bridgehead atoms. The molecule has 0 unspecified atom stereocenters. The fourth-order valence-electron chi connectivity index (χ4n) is 3.21. The van der Waals surface area contributed by atoms with Crippen LogP contribution in [0.2, 0.25) is 0 Å². The third kappa shape index (κ3) is 5.42. The molecule has 0 saturated carbocycles. The number of hydrogen-bond donors (Lipinski definition) is 1. The number of carbonyl (C=O) groups excluding carboxylic acids is 2. The number of ether oxygens (including phenoxy) is 1. The van der Waals surface area contributed by atoms with Crippen molar-refractivity contribution in [1.29, 1.82) is 0 Å². The van der Waals surface area contributed by atoms with Crippen LogP contribution in [0.4, 0.5) is 0 Å². The number of methoxy groups -OCH3 is 1. The number of aromatic nitrogens is 1. The van der Waals surface area contributed by atoms with Crippen molar-refractivity contribution in [2.45, 2.75) is 12.8 Å². The van der Waals surface area contributed by atoms with Crippen LogP contribution in [0, 0.1) is 5.92 Å². The van der Waals surface area contributed by atoms with Crippen LogP contribution in [0.3, 0.4) is 0 Å². The first-order valence-corrected chi connectivity index (χ1v) is 9.45. The molecule has 0 aliphatic carbocycles. The average Bonchev–Trinajstić information content (AvgIpc) is 2.77. The number of benzene rings is 1. The van der Waals surface area contributed by atoms with Crippen LogP contribution in [0.15, 0.2) is 54.9 Å². The molecule has 6 heteroatoms. The summed E-state index contributed by atoms with van der Waals surface area (Å²) < 4.78 is 5.20. The van der Waals surface area contributed by atoms with Gasteiger partial charge in [-0.3, -0.25) is 14.6 Å². The van der Waals surface area contributed by atoms with E-state index in [1.807, 2.05) is 35.2 Å². The smallest absolute Gasteiger partial charge is 0.252 e. The fraction of sp³-hybridized carbons (Fsp3) is 0.318. The number of pyridine rings is 1. The lowest BCUT2D eigenvalue weighted by Crippen LogP contribution is -2.41.